The van der Waals surface area contributed by atoms with Crippen LogP contribution in [0.1, 0.15) is 40.6 Å². The molecular weight excluding hydrogens is 328 g/mol. The van der Waals surface area contributed by atoms with E-state index in [0.717, 1.165) is 23.0 Å². The number of anilines is 1. The minimum absolute atomic E-state index is 0.174. The Morgan fingerprint density at radius 2 is 2.32 bits per heavy atom. The maximum absolute atomic E-state index is 12.3. The van der Waals surface area contributed by atoms with E-state index >= 15 is 0 Å². The number of aryl methyl sites for hydroxylation is 1. The highest BCUT2D eigenvalue weighted by Crippen LogP contribution is 2.41. The lowest BCUT2D eigenvalue weighted by atomic mass is 10.1. The summed E-state index contributed by atoms with van der Waals surface area (Å²) in [6, 6.07) is 1.81. The van der Waals surface area contributed by atoms with E-state index in [1.54, 1.807) is 13.1 Å². The van der Waals surface area contributed by atoms with Gasteiger partial charge < -0.3 is 0 Å². The molecule has 0 radical (unpaired) electrons. The summed E-state index contributed by atoms with van der Waals surface area (Å²) in [4.78, 5) is 20.8. The first-order valence-electron chi connectivity index (χ1n) is 5.90. The molecule has 0 spiro atoms. The topological polar surface area (TPSA) is 67.8 Å². The van der Waals surface area contributed by atoms with E-state index in [-0.39, 0.29) is 5.91 Å². The van der Waals surface area contributed by atoms with Crippen LogP contribution in [-0.4, -0.2) is 20.2 Å². The van der Waals surface area contributed by atoms with E-state index in [4.69, 9.17) is 0 Å². The van der Waals surface area contributed by atoms with Crippen molar-refractivity contribution in [3.63, 3.8) is 0 Å². The Hall–Kier alpha value is -1.34. The van der Waals surface area contributed by atoms with Gasteiger partial charge in [-0.2, -0.15) is 4.37 Å². The summed E-state index contributed by atoms with van der Waals surface area (Å²) in [5, 5.41) is 3.29. The van der Waals surface area contributed by atoms with Gasteiger partial charge in [0.2, 0.25) is 5.13 Å². The molecule has 3 rings (SSSR count). The second kappa shape index (κ2) is 4.97. The summed E-state index contributed by atoms with van der Waals surface area (Å²) in [5.74, 6) is 0.909. The average Bonchev–Trinajstić information content (AvgIpc) is 3.13. The third-order valence-electron chi connectivity index (χ3n) is 2.84. The van der Waals surface area contributed by atoms with E-state index in [9.17, 15) is 4.79 Å². The van der Waals surface area contributed by atoms with Crippen molar-refractivity contribution in [3.8, 4) is 0 Å². The van der Waals surface area contributed by atoms with Crippen LogP contribution in [0.3, 0.4) is 0 Å². The number of aromatic nitrogens is 3. The first kappa shape index (κ1) is 12.7. The smallest absolute Gasteiger partial charge is 0.259 e. The molecule has 1 fully saturated rings. The number of halogens is 1. The van der Waals surface area contributed by atoms with Gasteiger partial charge >= 0.3 is 0 Å². The largest absolute Gasteiger partial charge is 0.297 e. The molecule has 0 atom stereocenters. The molecule has 1 aliphatic rings. The second-order valence-electron chi connectivity index (χ2n) is 4.46. The molecule has 19 heavy (non-hydrogen) atoms. The normalized spacial score (nSPS) is 14.4. The first-order chi connectivity index (χ1) is 9.13. The zero-order valence-electron chi connectivity index (χ0n) is 10.2. The molecule has 1 N–H and O–H groups in total. The molecule has 2 aromatic rings. The summed E-state index contributed by atoms with van der Waals surface area (Å²) >= 11 is 4.54. The lowest BCUT2D eigenvalue weighted by molar-refractivity contribution is 0.102. The van der Waals surface area contributed by atoms with Crippen molar-refractivity contribution in [2.24, 2.45) is 0 Å². The van der Waals surface area contributed by atoms with Gasteiger partial charge in [-0.05, 0) is 41.8 Å². The standard InChI is InChI=1S/C12H11BrN4OS/c1-6-15-12(19-17-6)16-11(18)9-4-8(13)5-14-10(9)7-2-3-7/h4-5,7H,2-3H2,1H3,(H,15,16,17,18). The quantitative estimate of drug-likeness (QED) is 0.933. The van der Waals surface area contributed by atoms with Crippen LogP contribution in [-0.2, 0) is 0 Å². The van der Waals surface area contributed by atoms with Gasteiger partial charge in [-0.3, -0.25) is 15.1 Å². The SMILES string of the molecule is Cc1nsc(NC(=O)c2cc(Br)cnc2C2CC2)n1. The molecule has 5 nitrogen and oxygen atoms in total. The monoisotopic (exact) mass is 338 g/mol. The third-order valence-corrected chi connectivity index (χ3v) is 4.00. The summed E-state index contributed by atoms with van der Waals surface area (Å²) in [6.45, 7) is 1.79. The Morgan fingerprint density at radius 3 is 2.95 bits per heavy atom. The zero-order valence-corrected chi connectivity index (χ0v) is 12.6. The van der Waals surface area contributed by atoms with Gasteiger partial charge in [0, 0.05) is 28.1 Å². The van der Waals surface area contributed by atoms with E-state index < -0.39 is 0 Å². The van der Waals surface area contributed by atoms with Crippen molar-refractivity contribution >= 4 is 38.5 Å². The van der Waals surface area contributed by atoms with Crippen molar-refractivity contribution in [2.45, 2.75) is 25.7 Å². The lowest BCUT2D eigenvalue weighted by Crippen LogP contribution is -2.15. The molecular formula is C12H11BrN4OS. The molecule has 1 saturated carbocycles. The highest BCUT2D eigenvalue weighted by molar-refractivity contribution is 9.10. The minimum Gasteiger partial charge on any atom is -0.297 e. The number of pyridine rings is 1. The number of hydrogen-bond acceptors (Lipinski definition) is 5. The fourth-order valence-corrected chi connectivity index (χ4v) is 2.73. The first-order valence-corrected chi connectivity index (χ1v) is 7.47. The molecule has 0 aliphatic heterocycles. The van der Waals surface area contributed by atoms with Gasteiger partial charge in [0.05, 0.1) is 11.3 Å². The van der Waals surface area contributed by atoms with Crippen LogP contribution in [0.2, 0.25) is 0 Å². The molecule has 0 saturated heterocycles. The van der Waals surface area contributed by atoms with E-state index in [2.05, 4.69) is 35.6 Å². The van der Waals surface area contributed by atoms with Crippen molar-refractivity contribution in [1.29, 1.82) is 0 Å². The van der Waals surface area contributed by atoms with Gasteiger partial charge in [0.15, 0.2) is 0 Å². The number of nitrogens with zero attached hydrogens (tertiary/aromatic N) is 3. The van der Waals surface area contributed by atoms with E-state index in [1.807, 2.05) is 6.07 Å². The number of amides is 1. The van der Waals surface area contributed by atoms with Gasteiger partial charge in [-0.15, -0.1) is 0 Å². The van der Waals surface area contributed by atoms with E-state index in [0.29, 0.717) is 22.4 Å². The molecule has 1 aliphatic carbocycles. The Labute approximate surface area is 122 Å². The van der Waals surface area contributed by atoms with Crippen molar-refractivity contribution in [2.75, 3.05) is 5.32 Å². The van der Waals surface area contributed by atoms with Crippen molar-refractivity contribution < 1.29 is 4.79 Å². The average molecular weight is 339 g/mol. The molecule has 2 aromatic heterocycles. The number of nitrogens with one attached hydrogen (secondary N) is 1. The van der Waals surface area contributed by atoms with Gasteiger partial charge in [-0.25, -0.2) is 4.98 Å². The molecule has 98 valence electrons. The van der Waals surface area contributed by atoms with Crippen LogP contribution in [0.25, 0.3) is 0 Å². The fourth-order valence-electron chi connectivity index (χ4n) is 1.83. The summed E-state index contributed by atoms with van der Waals surface area (Å²) in [7, 11) is 0. The van der Waals surface area contributed by atoms with Crippen LogP contribution in [0, 0.1) is 6.92 Å². The summed E-state index contributed by atoms with van der Waals surface area (Å²) in [5.41, 5.74) is 1.49. The predicted molar refractivity (Wildman–Crippen MR) is 76.5 cm³/mol. The number of rotatable bonds is 3. The Balaban J connectivity index is 1.88. The summed E-state index contributed by atoms with van der Waals surface area (Å²) < 4.78 is 4.84. The predicted octanol–water partition coefficient (Wildman–Crippen LogP) is 3.13. The summed E-state index contributed by atoms with van der Waals surface area (Å²) in [6.07, 6.45) is 3.94. The highest BCUT2D eigenvalue weighted by Gasteiger charge is 2.29. The Kier molecular flexibility index (Phi) is 3.32. The Morgan fingerprint density at radius 1 is 1.53 bits per heavy atom. The van der Waals surface area contributed by atoms with Crippen LogP contribution >= 0.6 is 27.5 Å². The zero-order chi connectivity index (χ0) is 13.4. The third kappa shape index (κ3) is 2.82. The van der Waals surface area contributed by atoms with Gasteiger partial charge in [-0.1, -0.05) is 0 Å². The van der Waals surface area contributed by atoms with E-state index in [1.165, 1.54) is 11.5 Å². The van der Waals surface area contributed by atoms with Crippen LogP contribution < -0.4 is 5.32 Å². The maximum Gasteiger partial charge on any atom is 0.259 e. The van der Waals surface area contributed by atoms with Crippen LogP contribution in [0.4, 0.5) is 5.13 Å². The molecule has 0 aromatic carbocycles. The number of hydrogen-bond donors (Lipinski definition) is 1. The fraction of sp³-hybridized carbons (Fsp3) is 0.333. The maximum atomic E-state index is 12.3. The highest BCUT2D eigenvalue weighted by atomic mass is 79.9. The molecule has 7 heteroatoms. The molecule has 0 bridgehead atoms. The van der Waals surface area contributed by atoms with Crippen LogP contribution in [0.5, 0.6) is 0 Å². The van der Waals surface area contributed by atoms with Gasteiger partial charge in [0.1, 0.15) is 5.82 Å². The van der Waals surface area contributed by atoms with Crippen molar-refractivity contribution in [1.82, 2.24) is 14.3 Å². The minimum atomic E-state index is -0.174. The number of carbonyl (C=O) groups excluding carboxylic acids is 1. The number of carbonyl (C=O) groups is 1. The van der Waals surface area contributed by atoms with Crippen LogP contribution in [0.15, 0.2) is 16.7 Å². The molecule has 1 amide bonds. The lowest BCUT2D eigenvalue weighted by Gasteiger charge is -2.07. The molecule has 0 unspecified atom stereocenters. The van der Waals surface area contributed by atoms with Crippen molar-refractivity contribution in [3.05, 3.63) is 33.8 Å². The Bertz CT molecular complexity index is 638. The second-order valence-corrected chi connectivity index (χ2v) is 6.13. The molecule has 2 heterocycles. The van der Waals surface area contributed by atoms with Gasteiger partial charge in [0.25, 0.3) is 5.91 Å².